The number of hydrogen-bond donors (Lipinski definition) is 3. The van der Waals surface area contributed by atoms with E-state index in [-0.39, 0.29) is 31.6 Å². The van der Waals surface area contributed by atoms with Gasteiger partial charge in [-0.2, -0.15) is 5.26 Å². The Morgan fingerprint density at radius 2 is 1.86 bits per heavy atom. The fraction of sp³-hybridized carbons (Fsp3) is 0.462. The highest BCUT2D eigenvalue weighted by molar-refractivity contribution is 5.85. The van der Waals surface area contributed by atoms with E-state index in [9.17, 15) is 29.1 Å². The minimum absolute atomic E-state index is 0.0628. The first kappa shape index (κ1) is 27.6. The highest BCUT2D eigenvalue weighted by Gasteiger charge is 2.51. The van der Waals surface area contributed by atoms with Crippen LogP contribution in [-0.4, -0.2) is 72.1 Å². The van der Waals surface area contributed by atoms with Crippen molar-refractivity contribution in [2.24, 2.45) is 0 Å². The molecule has 0 radical (unpaired) electrons. The van der Waals surface area contributed by atoms with E-state index in [4.69, 9.17) is 9.47 Å². The SMILES string of the molecule is CN(C)CCNC(=O)[C@@]1(OCc2ccccc2C#N)CC(OCc2cccc(F)c2F)[C@H](O)[C@H](O)C1. The van der Waals surface area contributed by atoms with Crippen molar-refractivity contribution in [3.8, 4) is 6.07 Å². The molecule has 4 atom stereocenters. The number of benzene rings is 2. The highest BCUT2D eigenvalue weighted by atomic mass is 19.2. The third kappa shape index (κ3) is 6.63. The van der Waals surface area contributed by atoms with Crippen molar-refractivity contribution in [2.75, 3.05) is 27.2 Å². The molecule has 1 saturated carbocycles. The predicted octanol–water partition coefficient (Wildman–Crippen LogP) is 1.87. The molecule has 3 rings (SSSR count). The molecule has 1 unspecified atom stereocenters. The predicted molar refractivity (Wildman–Crippen MR) is 126 cm³/mol. The number of hydrogen-bond acceptors (Lipinski definition) is 7. The largest absolute Gasteiger partial charge is 0.390 e. The van der Waals surface area contributed by atoms with Crippen LogP contribution in [0.1, 0.15) is 29.5 Å². The highest BCUT2D eigenvalue weighted by Crippen LogP contribution is 2.36. The van der Waals surface area contributed by atoms with Gasteiger partial charge < -0.3 is 29.9 Å². The number of aliphatic hydroxyl groups excluding tert-OH is 2. The molecule has 1 fully saturated rings. The van der Waals surface area contributed by atoms with E-state index in [1.54, 1.807) is 24.3 Å². The van der Waals surface area contributed by atoms with Crippen LogP contribution in [0.15, 0.2) is 42.5 Å². The Bertz CT molecular complexity index is 1090. The van der Waals surface area contributed by atoms with Crippen LogP contribution in [0.25, 0.3) is 0 Å². The second-order valence-electron chi connectivity index (χ2n) is 9.14. The first-order chi connectivity index (χ1) is 17.2. The van der Waals surface area contributed by atoms with Gasteiger partial charge in [0.1, 0.15) is 6.10 Å². The number of amides is 1. The van der Waals surface area contributed by atoms with Crippen LogP contribution in [0, 0.1) is 23.0 Å². The number of nitriles is 1. The van der Waals surface area contributed by atoms with Gasteiger partial charge in [-0.3, -0.25) is 4.79 Å². The van der Waals surface area contributed by atoms with Crippen molar-refractivity contribution in [2.45, 2.75) is 50.0 Å². The molecule has 8 nitrogen and oxygen atoms in total. The fourth-order valence-corrected chi connectivity index (χ4v) is 4.14. The van der Waals surface area contributed by atoms with Crippen LogP contribution < -0.4 is 5.32 Å². The summed E-state index contributed by atoms with van der Waals surface area (Å²) in [5.74, 6) is -2.61. The van der Waals surface area contributed by atoms with Crippen molar-refractivity contribution in [3.05, 3.63) is 70.8 Å². The Hall–Kier alpha value is -2.94. The molecular weight excluding hydrogens is 472 g/mol. The summed E-state index contributed by atoms with van der Waals surface area (Å²) in [6, 6.07) is 12.5. The second kappa shape index (κ2) is 12.3. The van der Waals surface area contributed by atoms with Crippen LogP contribution in [0.3, 0.4) is 0 Å². The van der Waals surface area contributed by atoms with E-state index < -0.39 is 41.5 Å². The standard InChI is InChI=1S/C26H31F2N3O5/c1-31(2)11-10-30-25(34)26(36-16-18-7-4-3-6-17(18)14-29)12-21(32)24(33)22(13-26)35-15-19-8-5-9-20(27)23(19)28/h3-9,21-22,24,32-33H,10-13,15-16H2,1-2H3,(H,30,34)/t21-,22?,24-,26+/m1/s1. The van der Waals surface area contributed by atoms with E-state index in [1.165, 1.54) is 12.1 Å². The second-order valence-corrected chi connectivity index (χ2v) is 9.14. The summed E-state index contributed by atoms with van der Waals surface area (Å²) in [5, 5.41) is 33.4. The first-order valence-electron chi connectivity index (χ1n) is 11.6. The number of likely N-dealkylation sites (N-methyl/N-ethyl adjacent to an activating group) is 1. The summed E-state index contributed by atoms with van der Waals surface area (Å²) in [7, 11) is 3.71. The summed E-state index contributed by atoms with van der Waals surface area (Å²) < 4.78 is 39.5. The van der Waals surface area contributed by atoms with Crippen LogP contribution >= 0.6 is 0 Å². The molecule has 2 aromatic carbocycles. The summed E-state index contributed by atoms with van der Waals surface area (Å²) in [6.07, 6.45) is -4.23. The number of nitrogens with zero attached hydrogens (tertiary/aromatic N) is 2. The van der Waals surface area contributed by atoms with Crippen molar-refractivity contribution < 1.29 is 33.3 Å². The molecule has 0 heterocycles. The van der Waals surface area contributed by atoms with Crippen molar-refractivity contribution in [1.29, 1.82) is 5.26 Å². The molecule has 1 amide bonds. The van der Waals surface area contributed by atoms with Crippen LogP contribution in [-0.2, 0) is 27.5 Å². The van der Waals surface area contributed by atoms with Gasteiger partial charge in [0.2, 0.25) is 0 Å². The van der Waals surface area contributed by atoms with Crippen LogP contribution in [0.2, 0.25) is 0 Å². The number of halogens is 2. The Kier molecular flexibility index (Phi) is 9.48. The van der Waals surface area contributed by atoms with Gasteiger partial charge in [0, 0.05) is 31.5 Å². The molecule has 2 aromatic rings. The monoisotopic (exact) mass is 503 g/mol. The lowest BCUT2D eigenvalue weighted by molar-refractivity contribution is -0.200. The number of rotatable bonds is 10. The van der Waals surface area contributed by atoms with E-state index in [0.29, 0.717) is 24.2 Å². The smallest absolute Gasteiger partial charge is 0.252 e. The topological polar surface area (TPSA) is 115 Å². The van der Waals surface area contributed by atoms with Gasteiger partial charge in [0.05, 0.1) is 37.1 Å². The molecule has 0 spiro atoms. The van der Waals surface area contributed by atoms with Gasteiger partial charge in [-0.05, 0) is 31.8 Å². The van der Waals surface area contributed by atoms with E-state index in [1.807, 2.05) is 19.0 Å². The lowest BCUT2D eigenvalue weighted by Crippen LogP contribution is -2.61. The molecule has 0 aliphatic heterocycles. The molecule has 3 N–H and O–H groups in total. The lowest BCUT2D eigenvalue weighted by atomic mass is 9.78. The summed E-state index contributed by atoms with van der Waals surface area (Å²) in [4.78, 5) is 15.3. The molecule has 10 heteroatoms. The molecule has 0 bridgehead atoms. The third-order valence-electron chi connectivity index (χ3n) is 6.23. The van der Waals surface area contributed by atoms with Gasteiger partial charge in [-0.25, -0.2) is 8.78 Å². The maximum atomic E-state index is 14.1. The number of carbonyl (C=O) groups excluding carboxylic acids is 1. The summed E-state index contributed by atoms with van der Waals surface area (Å²) in [6.45, 7) is 0.389. The first-order valence-corrected chi connectivity index (χ1v) is 11.6. The molecule has 194 valence electrons. The Morgan fingerprint density at radius 1 is 1.14 bits per heavy atom. The molecule has 0 aromatic heterocycles. The van der Waals surface area contributed by atoms with E-state index in [0.717, 1.165) is 6.07 Å². The Balaban J connectivity index is 1.84. The summed E-state index contributed by atoms with van der Waals surface area (Å²) >= 11 is 0. The molecular formula is C26H31F2N3O5. The Labute approximate surface area is 209 Å². The van der Waals surface area contributed by atoms with E-state index >= 15 is 0 Å². The van der Waals surface area contributed by atoms with Gasteiger partial charge in [-0.1, -0.05) is 30.3 Å². The van der Waals surface area contributed by atoms with Gasteiger partial charge in [0.25, 0.3) is 5.91 Å². The average Bonchev–Trinajstić information content (AvgIpc) is 2.86. The maximum absolute atomic E-state index is 14.1. The van der Waals surface area contributed by atoms with Crippen molar-refractivity contribution in [3.63, 3.8) is 0 Å². The fourth-order valence-electron chi connectivity index (χ4n) is 4.14. The van der Waals surface area contributed by atoms with Gasteiger partial charge in [0.15, 0.2) is 17.2 Å². The molecule has 1 aliphatic carbocycles. The molecule has 36 heavy (non-hydrogen) atoms. The van der Waals surface area contributed by atoms with Crippen LogP contribution in [0.5, 0.6) is 0 Å². The quantitative estimate of drug-likeness (QED) is 0.454. The zero-order chi connectivity index (χ0) is 26.3. The van der Waals surface area contributed by atoms with Crippen molar-refractivity contribution in [1.82, 2.24) is 10.2 Å². The van der Waals surface area contributed by atoms with Gasteiger partial charge in [-0.15, -0.1) is 0 Å². The average molecular weight is 504 g/mol. The minimum Gasteiger partial charge on any atom is -0.390 e. The molecule has 0 saturated heterocycles. The number of aliphatic hydroxyl groups is 2. The van der Waals surface area contributed by atoms with Crippen molar-refractivity contribution >= 4 is 5.91 Å². The Morgan fingerprint density at radius 3 is 2.58 bits per heavy atom. The zero-order valence-electron chi connectivity index (χ0n) is 20.3. The molecule has 1 aliphatic rings. The zero-order valence-corrected chi connectivity index (χ0v) is 20.3. The summed E-state index contributed by atoms with van der Waals surface area (Å²) in [5.41, 5.74) is -0.724. The van der Waals surface area contributed by atoms with E-state index in [2.05, 4.69) is 11.4 Å². The third-order valence-corrected chi connectivity index (χ3v) is 6.23. The van der Waals surface area contributed by atoms with Gasteiger partial charge >= 0.3 is 0 Å². The number of nitrogens with one attached hydrogen (secondary N) is 1. The lowest BCUT2D eigenvalue weighted by Gasteiger charge is -2.44. The number of carbonyl (C=O) groups is 1. The van der Waals surface area contributed by atoms with Crippen LogP contribution in [0.4, 0.5) is 8.78 Å². The number of ether oxygens (including phenoxy) is 2. The maximum Gasteiger partial charge on any atom is 0.252 e. The minimum atomic E-state index is -1.60. The normalized spacial score (nSPS) is 23.9.